The topological polar surface area (TPSA) is 32.8 Å². The number of rotatable bonds is 3. The summed E-state index contributed by atoms with van der Waals surface area (Å²) in [6, 6.07) is 21.2. The molecule has 2 fully saturated rings. The number of para-hydroxylation sites is 1. The van der Waals surface area contributed by atoms with Crippen molar-refractivity contribution in [2.24, 2.45) is 0 Å². The Balaban J connectivity index is 1.39. The van der Waals surface area contributed by atoms with Crippen LogP contribution in [-0.4, -0.2) is 36.2 Å². The van der Waals surface area contributed by atoms with Gasteiger partial charge in [-0.3, -0.25) is 0 Å². The predicted octanol–water partition coefficient (Wildman–Crippen LogP) is 3.68. The summed E-state index contributed by atoms with van der Waals surface area (Å²) >= 11 is 0. The van der Waals surface area contributed by atoms with E-state index in [4.69, 9.17) is 4.74 Å². The number of nitrogens with zero attached hydrogens (tertiary/aromatic N) is 2. The van der Waals surface area contributed by atoms with Gasteiger partial charge in [-0.15, -0.1) is 0 Å². The molecular weight excluding hydrogens is 300 g/mol. The molecule has 124 valence electrons. The van der Waals surface area contributed by atoms with Crippen molar-refractivity contribution in [3.05, 3.63) is 66.2 Å². The molecule has 1 amide bonds. The highest BCUT2D eigenvalue weighted by atomic mass is 16.6. The summed E-state index contributed by atoms with van der Waals surface area (Å²) in [5, 5.41) is 0. The van der Waals surface area contributed by atoms with E-state index in [1.54, 1.807) is 0 Å². The molecule has 2 heterocycles. The zero-order valence-corrected chi connectivity index (χ0v) is 13.7. The van der Waals surface area contributed by atoms with Gasteiger partial charge in [-0.2, -0.15) is 0 Å². The number of amides is 1. The van der Waals surface area contributed by atoms with Gasteiger partial charge in [0.2, 0.25) is 0 Å². The van der Waals surface area contributed by atoms with E-state index >= 15 is 0 Å². The SMILES string of the molecule is O=C(OCc1ccccc1)N1C[C@H]2CC[C@@H](C1)N2c1ccccc1. The smallest absolute Gasteiger partial charge is 0.410 e. The first kappa shape index (κ1) is 15.1. The van der Waals surface area contributed by atoms with E-state index in [1.807, 2.05) is 41.3 Å². The second-order valence-corrected chi connectivity index (χ2v) is 6.57. The van der Waals surface area contributed by atoms with Crippen molar-refractivity contribution in [3.63, 3.8) is 0 Å². The van der Waals surface area contributed by atoms with Gasteiger partial charge in [0.1, 0.15) is 6.61 Å². The molecule has 0 aliphatic carbocycles. The van der Waals surface area contributed by atoms with Crippen LogP contribution in [0.25, 0.3) is 0 Å². The average molecular weight is 322 g/mol. The molecule has 24 heavy (non-hydrogen) atoms. The van der Waals surface area contributed by atoms with Crippen molar-refractivity contribution in [1.82, 2.24) is 4.90 Å². The van der Waals surface area contributed by atoms with Crippen LogP contribution in [0, 0.1) is 0 Å². The zero-order chi connectivity index (χ0) is 16.4. The second kappa shape index (κ2) is 6.56. The monoisotopic (exact) mass is 322 g/mol. The molecule has 4 heteroatoms. The molecule has 0 saturated carbocycles. The fourth-order valence-electron chi connectivity index (χ4n) is 3.88. The van der Waals surface area contributed by atoms with Crippen LogP contribution in [0.15, 0.2) is 60.7 Å². The third-order valence-corrected chi connectivity index (χ3v) is 5.00. The van der Waals surface area contributed by atoms with E-state index in [1.165, 1.54) is 5.69 Å². The summed E-state index contributed by atoms with van der Waals surface area (Å²) in [4.78, 5) is 16.8. The Hall–Kier alpha value is -2.49. The van der Waals surface area contributed by atoms with Crippen LogP contribution >= 0.6 is 0 Å². The molecule has 2 atom stereocenters. The summed E-state index contributed by atoms with van der Waals surface area (Å²) in [7, 11) is 0. The fraction of sp³-hybridized carbons (Fsp3) is 0.350. The Bertz CT molecular complexity index is 675. The number of hydrogen-bond donors (Lipinski definition) is 0. The number of fused-ring (bicyclic) bond motifs is 2. The van der Waals surface area contributed by atoms with Crippen LogP contribution in [-0.2, 0) is 11.3 Å². The van der Waals surface area contributed by atoms with Crippen molar-refractivity contribution < 1.29 is 9.53 Å². The molecule has 0 aromatic heterocycles. The van der Waals surface area contributed by atoms with Gasteiger partial charge in [-0.1, -0.05) is 48.5 Å². The van der Waals surface area contributed by atoms with Crippen molar-refractivity contribution >= 4 is 11.8 Å². The lowest BCUT2D eigenvalue weighted by molar-refractivity contribution is 0.0881. The highest BCUT2D eigenvalue weighted by Crippen LogP contribution is 2.34. The number of carbonyl (C=O) groups excluding carboxylic acids is 1. The van der Waals surface area contributed by atoms with E-state index in [-0.39, 0.29) is 6.09 Å². The van der Waals surface area contributed by atoms with Crippen LogP contribution in [0.1, 0.15) is 18.4 Å². The number of carbonyl (C=O) groups is 1. The van der Waals surface area contributed by atoms with Gasteiger partial charge in [-0.05, 0) is 30.5 Å². The first-order valence-electron chi connectivity index (χ1n) is 8.60. The minimum absolute atomic E-state index is 0.191. The Morgan fingerprint density at radius 3 is 2.12 bits per heavy atom. The van der Waals surface area contributed by atoms with Gasteiger partial charge >= 0.3 is 6.09 Å². The summed E-state index contributed by atoms with van der Waals surface area (Å²) in [5.41, 5.74) is 2.29. The third kappa shape index (κ3) is 2.96. The van der Waals surface area contributed by atoms with Crippen LogP contribution < -0.4 is 4.90 Å². The Morgan fingerprint density at radius 2 is 1.50 bits per heavy atom. The molecule has 2 aromatic carbocycles. The van der Waals surface area contributed by atoms with E-state index in [0.29, 0.717) is 18.7 Å². The van der Waals surface area contributed by atoms with Gasteiger partial charge < -0.3 is 14.5 Å². The van der Waals surface area contributed by atoms with Gasteiger partial charge in [-0.25, -0.2) is 4.79 Å². The van der Waals surface area contributed by atoms with Gasteiger partial charge in [0.15, 0.2) is 0 Å². The molecule has 0 unspecified atom stereocenters. The lowest BCUT2D eigenvalue weighted by Crippen LogP contribution is -2.55. The van der Waals surface area contributed by atoms with Gasteiger partial charge in [0.05, 0.1) is 0 Å². The van der Waals surface area contributed by atoms with E-state index in [2.05, 4.69) is 29.2 Å². The predicted molar refractivity (Wildman–Crippen MR) is 93.9 cm³/mol. The van der Waals surface area contributed by atoms with Crippen molar-refractivity contribution in [2.75, 3.05) is 18.0 Å². The molecule has 2 aliphatic rings. The second-order valence-electron chi connectivity index (χ2n) is 6.57. The molecule has 0 spiro atoms. The summed E-state index contributed by atoms with van der Waals surface area (Å²) < 4.78 is 5.50. The molecule has 2 aromatic rings. The normalized spacial score (nSPS) is 22.5. The molecule has 0 radical (unpaired) electrons. The maximum Gasteiger partial charge on any atom is 0.410 e. The number of likely N-dealkylation sites (tertiary alicyclic amines) is 1. The average Bonchev–Trinajstić information content (AvgIpc) is 2.91. The standard InChI is InChI=1S/C20H22N2O2/c23-20(24-15-16-7-3-1-4-8-16)21-13-18-11-12-19(14-21)22(18)17-9-5-2-6-10-17/h1-10,18-19H,11-15H2/t18-,19+. The summed E-state index contributed by atoms with van der Waals surface area (Å²) in [6.45, 7) is 1.84. The number of anilines is 1. The number of hydrogen-bond acceptors (Lipinski definition) is 3. The van der Waals surface area contributed by atoms with Crippen LogP contribution in [0.5, 0.6) is 0 Å². The van der Waals surface area contributed by atoms with Gasteiger partial charge in [0.25, 0.3) is 0 Å². The number of ether oxygens (including phenoxy) is 1. The van der Waals surface area contributed by atoms with Crippen LogP contribution in [0.4, 0.5) is 10.5 Å². The molecule has 0 N–H and O–H groups in total. The fourth-order valence-corrected chi connectivity index (χ4v) is 3.88. The lowest BCUT2D eigenvalue weighted by Gasteiger charge is -2.42. The Labute approximate surface area is 142 Å². The highest BCUT2D eigenvalue weighted by Gasteiger charge is 2.41. The number of benzene rings is 2. The molecule has 4 rings (SSSR count). The van der Waals surface area contributed by atoms with Gasteiger partial charge in [0, 0.05) is 30.9 Å². The molecule has 2 bridgehead atoms. The molecule has 4 nitrogen and oxygen atoms in total. The first-order chi connectivity index (χ1) is 11.8. The molecule has 2 aliphatic heterocycles. The minimum atomic E-state index is -0.191. The van der Waals surface area contributed by atoms with E-state index < -0.39 is 0 Å². The zero-order valence-electron chi connectivity index (χ0n) is 13.7. The highest BCUT2D eigenvalue weighted by molar-refractivity contribution is 5.69. The summed E-state index contributed by atoms with van der Waals surface area (Å²) in [5.74, 6) is 0. The maximum absolute atomic E-state index is 12.4. The molecule has 2 saturated heterocycles. The van der Waals surface area contributed by atoms with Crippen molar-refractivity contribution in [1.29, 1.82) is 0 Å². The minimum Gasteiger partial charge on any atom is -0.445 e. The Kier molecular flexibility index (Phi) is 4.11. The van der Waals surface area contributed by atoms with Crippen LogP contribution in [0.2, 0.25) is 0 Å². The Morgan fingerprint density at radius 1 is 0.917 bits per heavy atom. The van der Waals surface area contributed by atoms with E-state index in [0.717, 1.165) is 31.5 Å². The third-order valence-electron chi connectivity index (χ3n) is 5.00. The quantitative estimate of drug-likeness (QED) is 0.864. The van der Waals surface area contributed by atoms with Crippen molar-refractivity contribution in [3.8, 4) is 0 Å². The van der Waals surface area contributed by atoms with E-state index in [9.17, 15) is 4.79 Å². The lowest BCUT2D eigenvalue weighted by atomic mass is 10.1. The largest absolute Gasteiger partial charge is 0.445 e. The number of piperazine rings is 1. The summed E-state index contributed by atoms with van der Waals surface area (Å²) in [6.07, 6.45) is 2.09. The first-order valence-corrected chi connectivity index (χ1v) is 8.60. The maximum atomic E-state index is 12.4. The van der Waals surface area contributed by atoms with Crippen LogP contribution in [0.3, 0.4) is 0 Å². The molecular formula is C20H22N2O2. The van der Waals surface area contributed by atoms with Crippen molar-refractivity contribution in [2.45, 2.75) is 31.5 Å².